The largest absolute Gasteiger partial charge is 0.381 e. The summed E-state index contributed by atoms with van der Waals surface area (Å²) in [6, 6.07) is 2.14. The molecule has 2 heterocycles. The van der Waals surface area contributed by atoms with Crippen LogP contribution >= 0.6 is 0 Å². The summed E-state index contributed by atoms with van der Waals surface area (Å²) in [6.45, 7) is 7.89. The summed E-state index contributed by atoms with van der Waals surface area (Å²) >= 11 is 0. The van der Waals surface area contributed by atoms with Gasteiger partial charge in [0, 0.05) is 38.7 Å². The molecule has 5 nitrogen and oxygen atoms in total. The third kappa shape index (κ3) is 2.58. The van der Waals surface area contributed by atoms with Crippen molar-refractivity contribution in [3.8, 4) is 0 Å². The Balaban J connectivity index is 1.90. The molecule has 1 saturated carbocycles. The molecule has 134 valence electrons. The van der Waals surface area contributed by atoms with E-state index in [1.807, 2.05) is 17.9 Å². The number of fused-ring (bicyclic) bond motifs is 1. The van der Waals surface area contributed by atoms with Gasteiger partial charge in [-0.1, -0.05) is 0 Å². The number of aryl methyl sites for hydroxylation is 1. The number of carbonyl (C=O) groups is 1. The van der Waals surface area contributed by atoms with Crippen molar-refractivity contribution in [3.63, 3.8) is 0 Å². The number of rotatable bonds is 4. The van der Waals surface area contributed by atoms with E-state index in [0.29, 0.717) is 0 Å². The first kappa shape index (κ1) is 17.5. The normalized spacial score (nSPS) is 29.8. The van der Waals surface area contributed by atoms with Gasteiger partial charge in [-0.2, -0.15) is 0 Å². The molecule has 2 fully saturated rings. The number of hydrogen-bond donors (Lipinski definition) is 0. The zero-order chi connectivity index (χ0) is 17.5. The molecule has 3 atom stereocenters. The molecule has 0 bridgehead atoms. The molecule has 0 spiro atoms. The molecule has 1 aliphatic heterocycles. The summed E-state index contributed by atoms with van der Waals surface area (Å²) in [5.41, 5.74) is 2.85. The highest BCUT2D eigenvalue weighted by atomic mass is 16.5. The molecule has 0 radical (unpaired) electrons. The van der Waals surface area contributed by atoms with Gasteiger partial charge in [0.1, 0.15) is 0 Å². The SMILES string of the molecule is CCn1c(C)cc(C(=O)N2CC[C@]3(OC)CC[C@@H](OC)C[C@H]23)c1C. The molecule has 0 unspecified atom stereocenters. The fraction of sp³-hybridized carbons (Fsp3) is 0.737. The molecule has 0 aromatic carbocycles. The summed E-state index contributed by atoms with van der Waals surface area (Å²) in [5.74, 6) is 0.142. The van der Waals surface area contributed by atoms with Gasteiger partial charge in [-0.15, -0.1) is 0 Å². The van der Waals surface area contributed by atoms with Crippen molar-refractivity contribution in [1.82, 2.24) is 9.47 Å². The van der Waals surface area contributed by atoms with Crippen LogP contribution in [0.2, 0.25) is 0 Å². The maximum atomic E-state index is 13.3. The van der Waals surface area contributed by atoms with Crippen molar-refractivity contribution < 1.29 is 14.3 Å². The molecule has 0 N–H and O–H groups in total. The number of ether oxygens (including phenoxy) is 2. The van der Waals surface area contributed by atoms with E-state index < -0.39 is 0 Å². The summed E-state index contributed by atoms with van der Waals surface area (Å²) in [5, 5.41) is 0. The number of carbonyl (C=O) groups excluding carboxylic acids is 1. The van der Waals surface area contributed by atoms with E-state index >= 15 is 0 Å². The Morgan fingerprint density at radius 2 is 2.08 bits per heavy atom. The van der Waals surface area contributed by atoms with E-state index in [0.717, 1.165) is 55.7 Å². The second-order valence-electron chi connectivity index (χ2n) is 7.19. The van der Waals surface area contributed by atoms with Crippen molar-refractivity contribution in [2.24, 2.45) is 0 Å². The van der Waals surface area contributed by atoms with E-state index in [1.165, 1.54) is 0 Å². The molecule has 2 aliphatic rings. The second-order valence-corrected chi connectivity index (χ2v) is 7.19. The monoisotopic (exact) mass is 334 g/mol. The van der Waals surface area contributed by atoms with Crippen LogP contribution < -0.4 is 0 Å². The third-order valence-electron chi connectivity index (χ3n) is 6.26. The van der Waals surface area contributed by atoms with Gasteiger partial charge in [0.05, 0.1) is 23.3 Å². The average molecular weight is 334 g/mol. The lowest BCUT2D eigenvalue weighted by molar-refractivity contribution is -0.0893. The Morgan fingerprint density at radius 1 is 1.33 bits per heavy atom. The number of methoxy groups -OCH3 is 2. The molecule has 5 heteroatoms. The van der Waals surface area contributed by atoms with Crippen molar-refractivity contribution in [2.75, 3.05) is 20.8 Å². The van der Waals surface area contributed by atoms with E-state index in [2.05, 4.69) is 18.4 Å². The first-order valence-electron chi connectivity index (χ1n) is 9.03. The van der Waals surface area contributed by atoms with Crippen molar-refractivity contribution in [3.05, 3.63) is 23.0 Å². The van der Waals surface area contributed by atoms with Crippen LogP contribution in [0.3, 0.4) is 0 Å². The van der Waals surface area contributed by atoms with E-state index in [4.69, 9.17) is 9.47 Å². The predicted octanol–water partition coefficient (Wildman–Crippen LogP) is 2.92. The third-order valence-corrected chi connectivity index (χ3v) is 6.26. The lowest BCUT2D eigenvalue weighted by Crippen LogP contribution is -2.53. The number of aromatic nitrogens is 1. The maximum absolute atomic E-state index is 13.3. The van der Waals surface area contributed by atoms with Crippen molar-refractivity contribution >= 4 is 5.91 Å². The van der Waals surface area contributed by atoms with E-state index in [9.17, 15) is 4.79 Å². The Hall–Kier alpha value is -1.33. The van der Waals surface area contributed by atoms with Gasteiger partial charge >= 0.3 is 0 Å². The Labute approximate surface area is 144 Å². The van der Waals surface area contributed by atoms with Crippen LogP contribution in [0.25, 0.3) is 0 Å². The Kier molecular flexibility index (Phi) is 4.76. The minimum Gasteiger partial charge on any atom is -0.381 e. The molecule has 24 heavy (non-hydrogen) atoms. The van der Waals surface area contributed by atoms with Crippen LogP contribution in [0.1, 0.15) is 54.4 Å². The number of nitrogens with zero attached hydrogens (tertiary/aromatic N) is 2. The number of likely N-dealkylation sites (tertiary alicyclic amines) is 1. The average Bonchev–Trinajstić information content (AvgIpc) is 3.11. The highest BCUT2D eigenvalue weighted by Crippen LogP contribution is 2.43. The minimum atomic E-state index is -0.193. The zero-order valence-corrected chi connectivity index (χ0v) is 15.6. The summed E-state index contributed by atoms with van der Waals surface area (Å²) in [6.07, 6.45) is 3.97. The molecule has 1 aromatic heterocycles. The summed E-state index contributed by atoms with van der Waals surface area (Å²) in [4.78, 5) is 15.3. The van der Waals surface area contributed by atoms with Crippen LogP contribution in [0.15, 0.2) is 6.07 Å². The van der Waals surface area contributed by atoms with Gasteiger partial charge < -0.3 is 18.9 Å². The predicted molar refractivity (Wildman–Crippen MR) is 93.4 cm³/mol. The van der Waals surface area contributed by atoms with Crippen molar-refractivity contribution in [2.45, 2.75) is 70.7 Å². The summed E-state index contributed by atoms with van der Waals surface area (Å²) in [7, 11) is 3.55. The lowest BCUT2D eigenvalue weighted by atomic mass is 9.79. The lowest BCUT2D eigenvalue weighted by Gasteiger charge is -2.43. The number of hydrogen-bond acceptors (Lipinski definition) is 3. The van der Waals surface area contributed by atoms with Crippen LogP contribution in [0.5, 0.6) is 0 Å². The number of amides is 1. The molecule has 1 amide bonds. The smallest absolute Gasteiger partial charge is 0.256 e. The zero-order valence-electron chi connectivity index (χ0n) is 15.6. The van der Waals surface area contributed by atoms with Crippen LogP contribution in [0, 0.1) is 13.8 Å². The van der Waals surface area contributed by atoms with E-state index in [1.54, 1.807) is 14.2 Å². The minimum absolute atomic E-state index is 0.110. The maximum Gasteiger partial charge on any atom is 0.256 e. The molecule has 3 rings (SSSR count). The Morgan fingerprint density at radius 3 is 2.67 bits per heavy atom. The fourth-order valence-corrected chi connectivity index (χ4v) is 4.78. The topological polar surface area (TPSA) is 43.7 Å². The highest BCUT2D eigenvalue weighted by Gasteiger charge is 2.52. The van der Waals surface area contributed by atoms with Crippen LogP contribution in [-0.4, -0.2) is 53.9 Å². The first-order chi connectivity index (χ1) is 11.5. The highest BCUT2D eigenvalue weighted by molar-refractivity contribution is 5.96. The van der Waals surface area contributed by atoms with Crippen LogP contribution in [0.4, 0.5) is 0 Å². The van der Waals surface area contributed by atoms with Gasteiger partial charge in [-0.05, 0) is 52.5 Å². The summed E-state index contributed by atoms with van der Waals surface area (Å²) < 4.78 is 13.7. The van der Waals surface area contributed by atoms with Gasteiger partial charge in [0.25, 0.3) is 5.91 Å². The van der Waals surface area contributed by atoms with Gasteiger partial charge in [-0.25, -0.2) is 0 Å². The molecule has 1 aromatic rings. The standard InChI is InChI=1S/C19H30N2O3/c1-6-20-13(2)11-16(14(20)3)18(22)21-10-9-19(24-5)8-7-15(23-4)12-17(19)21/h11,15,17H,6-10,12H2,1-5H3/t15-,17+,19-/m1/s1. The molecule has 1 saturated heterocycles. The van der Waals surface area contributed by atoms with Crippen LogP contribution in [-0.2, 0) is 16.0 Å². The Bertz CT molecular complexity index is 624. The fourth-order valence-electron chi connectivity index (χ4n) is 4.78. The molecular weight excluding hydrogens is 304 g/mol. The van der Waals surface area contributed by atoms with E-state index in [-0.39, 0.29) is 23.7 Å². The molecule has 1 aliphatic carbocycles. The van der Waals surface area contributed by atoms with Gasteiger partial charge in [-0.3, -0.25) is 4.79 Å². The molecular formula is C19H30N2O3. The second kappa shape index (κ2) is 6.52. The van der Waals surface area contributed by atoms with Gasteiger partial charge in [0.2, 0.25) is 0 Å². The quantitative estimate of drug-likeness (QED) is 0.850. The first-order valence-corrected chi connectivity index (χ1v) is 9.03. The van der Waals surface area contributed by atoms with Gasteiger partial charge in [0.15, 0.2) is 0 Å². The van der Waals surface area contributed by atoms with Crippen molar-refractivity contribution in [1.29, 1.82) is 0 Å².